The van der Waals surface area contributed by atoms with E-state index in [9.17, 15) is 4.79 Å². The summed E-state index contributed by atoms with van der Waals surface area (Å²) in [6.45, 7) is 0.379. The monoisotopic (exact) mass is 392 g/mol. The van der Waals surface area contributed by atoms with Gasteiger partial charge in [0.25, 0.3) is 0 Å². The van der Waals surface area contributed by atoms with Crippen molar-refractivity contribution >= 4 is 33.6 Å². The number of H-pyrrole nitrogens is 1. The average Bonchev–Trinajstić information content (AvgIpc) is 3.23. The van der Waals surface area contributed by atoms with E-state index in [1.165, 1.54) is 11.8 Å². The summed E-state index contributed by atoms with van der Waals surface area (Å²) in [5.41, 5.74) is 0.940. The molecule has 0 bridgehead atoms. The number of furan rings is 1. The van der Waals surface area contributed by atoms with Crippen molar-refractivity contribution in [2.24, 2.45) is 0 Å². The molecule has 118 valence electrons. The van der Waals surface area contributed by atoms with Crippen molar-refractivity contribution in [1.29, 1.82) is 0 Å². The van der Waals surface area contributed by atoms with E-state index in [4.69, 9.17) is 4.42 Å². The zero-order valence-corrected chi connectivity index (χ0v) is 14.4. The summed E-state index contributed by atoms with van der Waals surface area (Å²) < 4.78 is 6.16. The maximum Gasteiger partial charge on any atom is 0.230 e. The lowest BCUT2D eigenvalue weighted by Gasteiger charge is -2.01. The Hall–Kier alpha value is -2.06. The Bertz CT molecular complexity index is 771. The SMILES string of the molecule is O=C(CSc1n[nH]c(-c2ccc(Br)cc2)n1)NCc1ccco1. The maximum absolute atomic E-state index is 11.8. The summed E-state index contributed by atoms with van der Waals surface area (Å²) in [4.78, 5) is 16.2. The number of nitrogens with one attached hydrogen (secondary N) is 2. The van der Waals surface area contributed by atoms with Crippen LogP contribution in [0.15, 0.2) is 56.7 Å². The maximum atomic E-state index is 11.8. The van der Waals surface area contributed by atoms with Crippen molar-refractivity contribution < 1.29 is 9.21 Å². The molecule has 6 nitrogen and oxygen atoms in total. The van der Waals surface area contributed by atoms with E-state index in [1.54, 1.807) is 12.3 Å². The predicted octanol–water partition coefficient (Wildman–Crippen LogP) is 3.24. The van der Waals surface area contributed by atoms with Crippen molar-refractivity contribution in [3.05, 3.63) is 52.9 Å². The average molecular weight is 393 g/mol. The molecule has 8 heteroatoms. The van der Waals surface area contributed by atoms with Crippen LogP contribution >= 0.6 is 27.7 Å². The summed E-state index contributed by atoms with van der Waals surface area (Å²) >= 11 is 4.67. The topological polar surface area (TPSA) is 83.8 Å². The van der Waals surface area contributed by atoms with Gasteiger partial charge in [-0.3, -0.25) is 9.89 Å². The number of aromatic nitrogens is 3. The lowest BCUT2D eigenvalue weighted by molar-refractivity contribution is -0.118. The van der Waals surface area contributed by atoms with Gasteiger partial charge in [0.15, 0.2) is 5.82 Å². The molecule has 0 saturated heterocycles. The minimum atomic E-state index is -0.0959. The quantitative estimate of drug-likeness (QED) is 0.629. The highest BCUT2D eigenvalue weighted by atomic mass is 79.9. The molecule has 1 aromatic carbocycles. The normalized spacial score (nSPS) is 10.7. The minimum absolute atomic E-state index is 0.0959. The number of thioether (sulfide) groups is 1. The summed E-state index contributed by atoms with van der Waals surface area (Å²) in [5.74, 6) is 1.55. The van der Waals surface area contributed by atoms with Gasteiger partial charge in [0, 0.05) is 10.0 Å². The number of amides is 1. The van der Waals surface area contributed by atoms with Gasteiger partial charge in [0.05, 0.1) is 18.6 Å². The number of aromatic amines is 1. The molecule has 0 radical (unpaired) electrons. The standard InChI is InChI=1S/C15H13BrN4O2S/c16-11-5-3-10(4-6-11)14-18-15(20-19-14)23-9-13(21)17-8-12-2-1-7-22-12/h1-7H,8-9H2,(H,17,21)(H,18,19,20). The van der Waals surface area contributed by atoms with Gasteiger partial charge in [0.2, 0.25) is 11.1 Å². The van der Waals surface area contributed by atoms with E-state index in [2.05, 4.69) is 36.4 Å². The van der Waals surface area contributed by atoms with Crippen LogP contribution in [0.5, 0.6) is 0 Å². The zero-order valence-electron chi connectivity index (χ0n) is 12.0. The van der Waals surface area contributed by atoms with Gasteiger partial charge >= 0.3 is 0 Å². The molecule has 0 spiro atoms. The molecule has 0 aliphatic carbocycles. The highest BCUT2D eigenvalue weighted by molar-refractivity contribution is 9.10. The summed E-state index contributed by atoms with van der Waals surface area (Å²) in [6, 6.07) is 11.4. The fourth-order valence-corrected chi connectivity index (χ4v) is 2.72. The molecule has 0 atom stereocenters. The van der Waals surface area contributed by atoms with Crippen molar-refractivity contribution in [3.63, 3.8) is 0 Å². The first-order chi connectivity index (χ1) is 11.2. The second kappa shape index (κ2) is 7.47. The molecular weight excluding hydrogens is 380 g/mol. The fourth-order valence-electron chi connectivity index (χ4n) is 1.83. The molecule has 0 saturated carbocycles. The Balaban J connectivity index is 1.50. The third kappa shape index (κ3) is 4.46. The van der Waals surface area contributed by atoms with E-state index >= 15 is 0 Å². The van der Waals surface area contributed by atoms with Crippen LogP contribution in [-0.2, 0) is 11.3 Å². The minimum Gasteiger partial charge on any atom is -0.467 e. The molecule has 0 aliphatic rings. The number of carbonyl (C=O) groups excluding carboxylic acids is 1. The molecular formula is C15H13BrN4O2S. The molecule has 1 amide bonds. The highest BCUT2D eigenvalue weighted by Gasteiger charge is 2.09. The van der Waals surface area contributed by atoms with E-state index in [0.717, 1.165) is 15.8 Å². The highest BCUT2D eigenvalue weighted by Crippen LogP contribution is 2.21. The molecule has 0 aliphatic heterocycles. The number of nitrogens with zero attached hydrogens (tertiary/aromatic N) is 2. The number of halogens is 1. The van der Waals surface area contributed by atoms with Crippen LogP contribution in [0.25, 0.3) is 11.4 Å². The first-order valence-electron chi connectivity index (χ1n) is 6.81. The van der Waals surface area contributed by atoms with Crippen LogP contribution in [0.3, 0.4) is 0 Å². The van der Waals surface area contributed by atoms with Crippen LogP contribution in [0.4, 0.5) is 0 Å². The Morgan fingerprint density at radius 1 is 1.30 bits per heavy atom. The van der Waals surface area contributed by atoms with Crippen LogP contribution in [-0.4, -0.2) is 26.8 Å². The number of carbonyl (C=O) groups is 1. The molecule has 2 aromatic heterocycles. The smallest absolute Gasteiger partial charge is 0.230 e. The van der Waals surface area contributed by atoms with Gasteiger partial charge in [-0.1, -0.05) is 39.8 Å². The second-order valence-electron chi connectivity index (χ2n) is 4.62. The van der Waals surface area contributed by atoms with Gasteiger partial charge in [-0.25, -0.2) is 4.98 Å². The second-order valence-corrected chi connectivity index (χ2v) is 6.48. The van der Waals surface area contributed by atoms with Crippen LogP contribution in [0.2, 0.25) is 0 Å². The van der Waals surface area contributed by atoms with Gasteiger partial charge < -0.3 is 9.73 Å². The summed E-state index contributed by atoms with van der Waals surface area (Å²) in [7, 11) is 0. The fraction of sp³-hybridized carbons (Fsp3) is 0.133. The Morgan fingerprint density at radius 2 is 2.13 bits per heavy atom. The van der Waals surface area contributed by atoms with Crippen molar-refractivity contribution in [3.8, 4) is 11.4 Å². The summed E-state index contributed by atoms with van der Waals surface area (Å²) in [5, 5.41) is 10.3. The Labute approximate surface area is 145 Å². The third-order valence-electron chi connectivity index (χ3n) is 2.95. The number of benzene rings is 1. The first kappa shape index (κ1) is 15.8. The molecule has 23 heavy (non-hydrogen) atoms. The molecule has 3 aromatic rings. The van der Waals surface area contributed by atoms with Crippen molar-refractivity contribution in [2.75, 3.05) is 5.75 Å². The van der Waals surface area contributed by atoms with Gasteiger partial charge in [0.1, 0.15) is 5.76 Å². The van der Waals surface area contributed by atoms with E-state index in [1.807, 2.05) is 30.3 Å². The number of hydrogen-bond donors (Lipinski definition) is 2. The van der Waals surface area contributed by atoms with Crippen molar-refractivity contribution in [2.45, 2.75) is 11.7 Å². The molecule has 2 heterocycles. The lowest BCUT2D eigenvalue weighted by Crippen LogP contribution is -2.24. The Morgan fingerprint density at radius 3 is 2.87 bits per heavy atom. The van der Waals surface area contributed by atoms with Crippen LogP contribution in [0, 0.1) is 0 Å². The number of rotatable bonds is 6. The third-order valence-corrected chi connectivity index (χ3v) is 4.33. The lowest BCUT2D eigenvalue weighted by atomic mass is 10.2. The molecule has 0 fully saturated rings. The molecule has 3 rings (SSSR count). The summed E-state index contributed by atoms with van der Waals surface area (Å²) in [6.07, 6.45) is 1.58. The van der Waals surface area contributed by atoms with Gasteiger partial charge in [-0.05, 0) is 24.3 Å². The first-order valence-corrected chi connectivity index (χ1v) is 8.59. The molecule has 2 N–H and O–H groups in total. The van der Waals surface area contributed by atoms with E-state index in [0.29, 0.717) is 17.5 Å². The van der Waals surface area contributed by atoms with Crippen LogP contribution < -0.4 is 5.32 Å². The van der Waals surface area contributed by atoms with E-state index in [-0.39, 0.29) is 11.7 Å². The van der Waals surface area contributed by atoms with Crippen LogP contribution in [0.1, 0.15) is 5.76 Å². The predicted molar refractivity (Wildman–Crippen MR) is 90.8 cm³/mol. The molecule has 0 unspecified atom stereocenters. The largest absolute Gasteiger partial charge is 0.467 e. The Kier molecular flexibility index (Phi) is 5.14. The zero-order chi connectivity index (χ0) is 16.1. The van der Waals surface area contributed by atoms with E-state index < -0.39 is 0 Å². The van der Waals surface area contributed by atoms with Gasteiger partial charge in [-0.15, -0.1) is 5.10 Å². The van der Waals surface area contributed by atoms with Crippen molar-refractivity contribution in [1.82, 2.24) is 20.5 Å². The van der Waals surface area contributed by atoms with Gasteiger partial charge in [-0.2, -0.15) is 0 Å². The number of hydrogen-bond acceptors (Lipinski definition) is 5.